The van der Waals surface area contributed by atoms with Gasteiger partial charge in [0, 0.05) is 12.3 Å². The van der Waals surface area contributed by atoms with Gasteiger partial charge in [-0.1, -0.05) is 42.5 Å². The fourth-order valence-corrected chi connectivity index (χ4v) is 1.94. The number of ether oxygens (including phenoxy) is 1. The zero-order valence-corrected chi connectivity index (χ0v) is 13.6. The molecule has 1 amide bonds. The van der Waals surface area contributed by atoms with Gasteiger partial charge >= 0.3 is 5.69 Å². The maximum atomic E-state index is 11.7. The molecule has 2 aromatic rings. The monoisotopic (exact) mass is 339 g/mol. The van der Waals surface area contributed by atoms with Crippen molar-refractivity contribution >= 4 is 23.9 Å². The zero-order chi connectivity index (χ0) is 18.1. The zero-order valence-electron chi connectivity index (χ0n) is 13.6. The van der Waals surface area contributed by atoms with Crippen LogP contribution in [0.1, 0.15) is 11.1 Å². The summed E-state index contributed by atoms with van der Waals surface area (Å²) in [6.07, 6.45) is 4.95. The average molecular weight is 339 g/mol. The number of carbonyl (C=O) groups is 1. The lowest BCUT2D eigenvalue weighted by molar-refractivity contribution is -0.385. The predicted octanol–water partition coefficient (Wildman–Crippen LogP) is 3.10. The molecule has 0 radical (unpaired) electrons. The van der Waals surface area contributed by atoms with Crippen LogP contribution < -0.4 is 10.2 Å². The highest BCUT2D eigenvalue weighted by Gasteiger charge is 2.16. The van der Waals surface area contributed by atoms with E-state index in [-0.39, 0.29) is 18.0 Å². The number of nitro groups is 1. The molecule has 2 aromatic carbocycles. The largest absolute Gasteiger partial charge is 0.477 e. The van der Waals surface area contributed by atoms with Crippen molar-refractivity contribution in [1.29, 1.82) is 0 Å². The third-order valence-corrected chi connectivity index (χ3v) is 3.11. The molecule has 2 rings (SSSR count). The van der Waals surface area contributed by atoms with E-state index in [0.29, 0.717) is 0 Å². The maximum absolute atomic E-state index is 11.7. The van der Waals surface area contributed by atoms with Crippen molar-refractivity contribution in [3.05, 3.63) is 75.8 Å². The minimum atomic E-state index is -0.549. The van der Waals surface area contributed by atoms with Crippen molar-refractivity contribution in [2.24, 2.45) is 5.10 Å². The Morgan fingerprint density at radius 1 is 1.28 bits per heavy atom. The molecule has 0 fully saturated rings. The second-order valence-electron chi connectivity index (χ2n) is 5.10. The minimum absolute atomic E-state index is 0.0405. The second kappa shape index (κ2) is 8.97. The molecule has 0 aliphatic heterocycles. The third kappa shape index (κ3) is 5.91. The van der Waals surface area contributed by atoms with Crippen molar-refractivity contribution < 1.29 is 14.5 Å². The molecule has 25 heavy (non-hydrogen) atoms. The van der Waals surface area contributed by atoms with Gasteiger partial charge in [-0.2, -0.15) is 5.10 Å². The summed E-state index contributed by atoms with van der Waals surface area (Å²) in [6, 6.07) is 14.2. The molecule has 128 valence electrons. The quantitative estimate of drug-likeness (QED) is 0.476. The molecule has 0 atom stereocenters. The van der Waals surface area contributed by atoms with Crippen molar-refractivity contribution in [3.63, 3.8) is 0 Å². The molecular formula is C18H17N3O4. The lowest BCUT2D eigenvalue weighted by Gasteiger charge is -2.06. The first kappa shape index (κ1) is 17.9. The average Bonchev–Trinajstić information content (AvgIpc) is 2.61. The highest BCUT2D eigenvalue weighted by Crippen LogP contribution is 2.27. The van der Waals surface area contributed by atoms with Crippen LogP contribution in [-0.4, -0.2) is 23.7 Å². The molecule has 0 saturated heterocycles. The Morgan fingerprint density at radius 2 is 2.04 bits per heavy atom. The van der Waals surface area contributed by atoms with Crippen LogP contribution in [0.25, 0.3) is 6.08 Å². The van der Waals surface area contributed by atoms with Crippen LogP contribution in [0.3, 0.4) is 0 Å². The Labute approximate surface area is 144 Å². The number of rotatable bonds is 7. The minimum Gasteiger partial charge on any atom is -0.477 e. The van der Waals surface area contributed by atoms with Gasteiger partial charge in [-0.05, 0) is 30.2 Å². The molecule has 0 heterocycles. The van der Waals surface area contributed by atoms with Crippen molar-refractivity contribution in [2.45, 2.75) is 6.92 Å². The summed E-state index contributed by atoms with van der Waals surface area (Å²) in [5.74, 6) is -0.474. The number of hydrogen-bond donors (Lipinski definition) is 1. The van der Waals surface area contributed by atoms with Crippen molar-refractivity contribution in [1.82, 2.24) is 5.43 Å². The van der Waals surface area contributed by atoms with E-state index in [2.05, 4.69) is 10.5 Å². The Morgan fingerprint density at radius 3 is 2.76 bits per heavy atom. The Hall–Kier alpha value is -3.48. The smallest absolute Gasteiger partial charge is 0.311 e. The Balaban J connectivity index is 1.82. The van der Waals surface area contributed by atoms with Crippen molar-refractivity contribution in [2.75, 3.05) is 6.61 Å². The van der Waals surface area contributed by atoms with Crippen LogP contribution in [0.5, 0.6) is 5.75 Å². The Bertz CT molecular complexity index is 801. The van der Waals surface area contributed by atoms with E-state index in [1.807, 2.05) is 36.4 Å². The van der Waals surface area contributed by atoms with E-state index < -0.39 is 10.8 Å². The van der Waals surface area contributed by atoms with Gasteiger partial charge in [0.25, 0.3) is 5.91 Å². The van der Waals surface area contributed by atoms with Crippen LogP contribution in [0.4, 0.5) is 5.69 Å². The number of hydrazone groups is 1. The Kier molecular flexibility index (Phi) is 6.41. The number of allylic oxidation sites excluding steroid dienone is 1. The van der Waals surface area contributed by atoms with Gasteiger partial charge < -0.3 is 4.74 Å². The van der Waals surface area contributed by atoms with Crippen molar-refractivity contribution in [3.8, 4) is 5.75 Å². The summed E-state index contributed by atoms with van der Waals surface area (Å²) in [6.45, 7) is 1.37. The first-order valence-electron chi connectivity index (χ1n) is 7.48. The first-order chi connectivity index (χ1) is 12.1. The number of aryl methyl sites for hydroxylation is 1. The van der Waals surface area contributed by atoms with Crippen LogP contribution in [0, 0.1) is 17.0 Å². The van der Waals surface area contributed by atoms with E-state index >= 15 is 0 Å². The summed E-state index contributed by atoms with van der Waals surface area (Å²) >= 11 is 0. The fourth-order valence-electron chi connectivity index (χ4n) is 1.94. The summed E-state index contributed by atoms with van der Waals surface area (Å²) in [4.78, 5) is 22.1. The van der Waals surface area contributed by atoms with E-state index in [1.54, 1.807) is 19.1 Å². The molecule has 0 spiro atoms. The second-order valence-corrected chi connectivity index (χ2v) is 5.10. The molecule has 0 aliphatic rings. The highest BCUT2D eigenvalue weighted by atomic mass is 16.6. The number of hydrogen-bond acceptors (Lipinski definition) is 5. The van der Waals surface area contributed by atoms with E-state index in [4.69, 9.17) is 4.74 Å². The standard InChI is InChI=1S/C18H17N3O4/c1-14-9-10-17(16(12-14)21(23)24)25-13-18(22)20-19-11-5-8-15-6-3-2-4-7-15/h2-12H,13H2,1H3,(H,20,22)/b8-5+,19-11?. The normalized spacial score (nSPS) is 10.9. The van der Waals surface area contributed by atoms with Gasteiger partial charge in [0.05, 0.1) is 4.92 Å². The lowest BCUT2D eigenvalue weighted by Crippen LogP contribution is -2.24. The number of benzene rings is 2. The van der Waals surface area contributed by atoms with Crippen LogP contribution in [0.15, 0.2) is 59.7 Å². The summed E-state index contributed by atoms with van der Waals surface area (Å²) in [5.41, 5.74) is 3.85. The topological polar surface area (TPSA) is 93.8 Å². The molecule has 0 saturated carbocycles. The van der Waals surface area contributed by atoms with Gasteiger partial charge in [-0.3, -0.25) is 14.9 Å². The third-order valence-electron chi connectivity index (χ3n) is 3.11. The van der Waals surface area contributed by atoms with Gasteiger partial charge in [-0.15, -0.1) is 0 Å². The number of nitrogens with zero attached hydrogens (tertiary/aromatic N) is 2. The van der Waals surface area contributed by atoms with Gasteiger partial charge in [0.1, 0.15) is 0 Å². The summed E-state index contributed by atoms with van der Waals surface area (Å²) in [7, 11) is 0. The van der Waals surface area contributed by atoms with Crippen LogP contribution in [0.2, 0.25) is 0 Å². The highest BCUT2D eigenvalue weighted by molar-refractivity contribution is 5.82. The van der Waals surface area contributed by atoms with Gasteiger partial charge in [0.15, 0.2) is 12.4 Å². The number of amides is 1. The molecule has 7 nitrogen and oxygen atoms in total. The molecule has 0 aliphatic carbocycles. The van der Waals surface area contributed by atoms with Gasteiger partial charge in [-0.25, -0.2) is 5.43 Å². The number of nitrogens with one attached hydrogen (secondary N) is 1. The van der Waals surface area contributed by atoms with Crippen LogP contribution >= 0.6 is 0 Å². The molecule has 1 N–H and O–H groups in total. The summed E-state index contributed by atoms with van der Waals surface area (Å²) in [5, 5.41) is 14.7. The van der Waals surface area contributed by atoms with E-state index in [1.165, 1.54) is 18.3 Å². The maximum Gasteiger partial charge on any atom is 0.311 e. The molecule has 7 heteroatoms. The van der Waals surface area contributed by atoms with Crippen LogP contribution in [-0.2, 0) is 4.79 Å². The lowest BCUT2D eigenvalue weighted by atomic mass is 10.2. The molecule has 0 aromatic heterocycles. The van der Waals surface area contributed by atoms with Gasteiger partial charge in [0.2, 0.25) is 0 Å². The molecular weight excluding hydrogens is 322 g/mol. The molecule has 0 unspecified atom stereocenters. The number of carbonyl (C=O) groups excluding carboxylic acids is 1. The first-order valence-corrected chi connectivity index (χ1v) is 7.48. The van der Waals surface area contributed by atoms with E-state index in [9.17, 15) is 14.9 Å². The van der Waals surface area contributed by atoms with E-state index in [0.717, 1.165) is 11.1 Å². The number of nitro benzene ring substituents is 1. The SMILES string of the molecule is Cc1ccc(OCC(=O)NN=C/C=C/c2ccccc2)c([N+](=O)[O-])c1. The predicted molar refractivity (Wildman–Crippen MR) is 95.4 cm³/mol. The fraction of sp³-hybridized carbons (Fsp3) is 0.111. The summed E-state index contributed by atoms with van der Waals surface area (Å²) < 4.78 is 5.20. The molecule has 0 bridgehead atoms.